The van der Waals surface area contributed by atoms with Crippen LogP contribution in [-0.2, 0) is 14.3 Å². The van der Waals surface area contributed by atoms with Gasteiger partial charge >= 0.3 is 5.97 Å². The molecule has 7 nitrogen and oxygen atoms in total. The highest BCUT2D eigenvalue weighted by atomic mass is 19.1. The minimum absolute atomic E-state index is 0.00442. The number of carbonyl (C=O) groups is 2. The minimum atomic E-state index is -0.492. The number of methoxy groups -OCH3 is 2. The molecule has 0 N–H and O–H groups in total. The average Bonchev–Trinajstić information content (AvgIpc) is 2.91. The largest absolute Gasteiger partial charge is 0.497 e. The Hall–Kier alpha value is -3.46. The molecule has 0 aromatic heterocycles. The molecule has 0 saturated carbocycles. The van der Waals surface area contributed by atoms with Crippen LogP contribution in [0.2, 0.25) is 0 Å². The van der Waals surface area contributed by atoms with Gasteiger partial charge in [-0.2, -0.15) is 0 Å². The van der Waals surface area contributed by atoms with Crippen molar-refractivity contribution in [1.82, 2.24) is 4.90 Å². The summed E-state index contributed by atoms with van der Waals surface area (Å²) >= 11 is 0. The van der Waals surface area contributed by atoms with Gasteiger partial charge in [-0.3, -0.25) is 14.5 Å². The molecule has 9 heteroatoms. The summed E-state index contributed by atoms with van der Waals surface area (Å²) in [6.45, 7) is 2.31. The van der Waals surface area contributed by atoms with Gasteiger partial charge in [-0.25, -0.2) is 8.78 Å². The second-order valence-corrected chi connectivity index (χ2v) is 9.32. The van der Waals surface area contributed by atoms with E-state index in [4.69, 9.17) is 14.2 Å². The fraction of sp³-hybridized carbons (Fsp3) is 0.429. The van der Waals surface area contributed by atoms with Crippen LogP contribution in [0.3, 0.4) is 0 Å². The Labute approximate surface area is 215 Å². The number of nitrogens with zero attached hydrogens (tertiary/aromatic N) is 2. The number of benzene rings is 2. The lowest BCUT2D eigenvalue weighted by atomic mass is 9.82. The SMILES string of the molecule is COC(=O)[C@@H]1CN(C/C=C/c2cc(F)ccc2F)CC[C@@H]1CCCN1C(=O)COc2ccc(OC)cc21. The Kier molecular flexibility index (Phi) is 8.76. The van der Waals surface area contributed by atoms with E-state index in [-0.39, 0.29) is 35.9 Å². The highest BCUT2D eigenvalue weighted by molar-refractivity contribution is 5.98. The van der Waals surface area contributed by atoms with Crippen molar-refractivity contribution in [2.75, 3.05) is 51.9 Å². The van der Waals surface area contributed by atoms with Gasteiger partial charge in [0.15, 0.2) is 6.61 Å². The standard InChI is InChI=1S/C28H32F2N2O5/c1-35-22-8-10-26-25(16-22)32(27(33)18-37-26)13-4-5-19-11-14-31(17-23(19)28(34)36-2)12-3-6-20-15-21(29)7-9-24(20)30/h3,6-10,15-16,19,23H,4-5,11-14,17-18H2,1-2H3/b6-3+/t19-,23+/m0/s1. The number of fused-ring (bicyclic) bond motifs is 1. The molecular formula is C28H32F2N2O5. The number of hydrogen-bond acceptors (Lipinski definition) is 6. The van der Waals surface area contributed by atoms with Crippen LogP contribution in [0.1, 0.15) is 24.8 Å². The maximum atomic E-state index is 13.9. The zero-order valence-corrected chi connectivity index (χ0v) is 21.1. The number of ether oxygens (including phenoxy) is 3. The minimum Gasteiger partial charge on any atom is -0.497 e. The van der Waals surface area contributed by atoms with Crippen molar-refractivity contribution >= 4 is 23.6 Å². The lowest BCUT2D eigenvalue weighted by molar-refractivity contribution is -0.149. The van der Waals surface area contributed by atoms with Gasteiger partial charge < -0.3 is 19.1 Å². The van der Waals surface area contributed by atoms with Crippen LogP contribution < -0.4 is 14.4 Å². The molecule has 2 aliphatic rings. The lowest BCUT2D eigenvalue weighted by Crippen LogP contribution is -2.44. The monoisotopic (exact) mass is 514 g/mol. The predicted molar refractivity (Wildman–Crippen MR) is 136 cm³/mol. The first-order valence-corrected chi connectivity index (χ1v) is 12.4. The number of anilines is 1. The van der Waals surface area contributed by atoms with Crippen LogP contribution >= 0.6 is 0 Å². The Morgan fingerprint density at radius 3 is 2.81 bits per heavy atom. The van der Waals surface area contributed by atoms with Crippen molar-refractivity contribution in [3.05, 3.63) is 59.7 Å². The highest BCUT2D eigenvalue weighted by Crippen LogP contribution is 2.36. The van der Waals surface area contributed by atoms with E-state index in [1.54, 1.807) is 42.4 Å². The van der Waals surface area contributed by atoms with Gasteiger partial charge in [0, 0.05) is 31.3 Å². The highest BCUT2D eigenvalue weighted by Gasteiger charge is 2.35. The second kappa shape index (κ2) is 12.2. The number of rotatable bonds is 9. The lowest BCUT2D eigenvalue weighted by Gasteiger charge is -2.37. The summed E-state index contributed by atoms with van der Waals surface area (Å²) in [5.41, 5.74) is 0.882. The number of hydrogen-bond donors (Lipinski definition) is 0. The number of halogens is 2. The summed E-state index contributed by atoms with van der Waals surface area (Å²) in [5.74, 6) is -0.228. The van der Waals surface area contributed by atoms with Crippen molar-refractivity contribution in [2.45, 2.75) is 19.3 Å². The summed E-state index contributed by atoms with van der Waals surface area (Å²) in [6.07, 6.45) is 5.62. The average molecular weight is 515 g/mol. The number of piperidine rings is 1. The molecule has 1 amide bonds. The normalized spacial score (nSPS) is 20.0. The molecule has 0 radical (unpaired) electrons. The second-order valence-electron chi connectivity index (χ2n) is 9.32. The fourth-order valence-corrected chi connectivity index (χ4v) is 5.03. The Morgan fingerprint density at radius 2 is 2.03 bits per heavy atom. The molecule has 1 fully saturated rings. The first-order valence-electron chi connectivity index (χ1n) is 12.4. The van der Waals surface area contributed by atoms with Crippen LogP contribution in [-0.4, -0.2) is 63.8 Å². The first-order chi connectivity index (χ1) is 17.9. The molecule has 2 aromatic carbocycles. The molecule has 37 heavy (non-hydrogen) atoms. The molecule has 0 spiro atoms. The first kappa shape index (κ1) is 26.6. The molecule has 0 aliphatic carbocycles. The molecule has 0 unspecified atom stereocenters. The number of esters is 1. The van der Waals surface area contributed by atoms with Gasteiger partial charge in [0.25, 0.3) is 5.91 Å². The molecule has 4 rings (SSSR count). The van der Waals surface area contributed by atoms with E-state index >= 15 is 0 Å². The van der Waals surface area contributed by atoms with Crippen LogP contribution in [0.15, 0.2) is 42.5 Å². The summed E-state index contributed by atoms with van der Waals surface area (Å²) < 4.78 is 43.2. The Morgan fingerprint density at radius 1 is 1.19 bits per heavy atom. The number of likely N-dealkylation sites (tertiary alicyclic amines) is 1. The van der Waals surface area contributed by atoms with Crippen LogP contribution in [0, 0.1) is 23.5 Å². The molecule has 0 bridgehead atoms. The molecule has 2 aliphatic heterocycles. The van der Waals surface area contributed by atoms with Gasteiger partial charge in [0.05, 0.1) is 25.8 Å². The zero-order valence-electron chi connectivity index (χ0n) is 21.1. The molecule has 1 saturated heterocycles. The van der Waals surface area contributed by atoms with Crippen LogP contribution in [0.4, 0.5) is 14.5 Å². The van der Waals surface area contributed by atoms with E-state index in [9.17, 15) is 18.4 Å². The quantitative estimate of drug-likeness (QED) is 0.465. The third-order valence-corrected chi connectivity index (χ3v) is 7.03. The third kappa shape index (κ3) is 6.46. The van der Waals surface area contributed by atoms with E-state index in [1.165, 1.54) is 7.11 Å². The molecule has 198 valence electrons. The molecule has 2 atom stereocenters. The zero-order chi connectivity index (χ0) is 26.4. The van der Waals surface area contributed by atoms with Crippen molar-refractivity contribution < 1.29 is 32.6 Å². The number of amides is 1. The van der Waals surface area contributed by atoms with Crippen molar-refractivity contribution in [1.29, 1.82) is 0 Å². The van der Waals surface area contributed by atoms with Gasteiger partial charge in [0.2, 0.25) is 0 Å². The summed E-state index contributed by atoms with van der Waals surface area (Å²) in [7, 11) is 2.97. The van der Waals surface area contributed by atoms with Crippen molar-refractivity contribution in [2.24, 2.45) is 11.8 Å². The van der Waals surface area contributed by atoms with E-state index < -0.39 is 11.6 Å². The van der Waals surface area contributed by atoms with Gasteiger partial charge in [0.1, 0.15) is 23.1 Å². The molecule has 2 aromatic rings. The number of carbonyl (C=O) groups excluding carboxylic acids is 2. The third-order valence-electron chi connectivity index (χ3n) is 7.03. The topological polar surface area (TPSA) is 68.3 Å². The van der Waals surface area contributed by atoms with E-state index in [1.807, 2.05) is 0 Å². The fourth-order valence-electron chi connectivity index (χ4n) is 5.03. The van der Waals surface area contributed by atoms with Crippen molar-refractivity contribution in [3.63, 3.8) is 0 Å². The Bertz CT molecular complexity index is 1160. The van der Waals surface area contributed by atoms with Crippen LogP contribution in [0.5, 0.6) is 11.5 Å². The van der Waals surface area contributed by atoms with E-state index in [2.05, 4.69) is 4.90 Å². The maximum absolute atomic E-state index is 13.9. The van der Waals surface area contributed by atoms with Crippen LogP contribution in [0.25, 0.3) is 6.08 Å². The summed E-state index contributed by atoms with van der Waals surface area (Å²) in [5, 5.41) is 0. The summed E-state index contributed by atoms with van der Waals surface area (Å²) in [4.78, 5) is 29.0. The molecule has 2 heterocycles. The Balaban J connectivity index is 1.35. The van der Waals surface area contributed by atoms with E-state index in [0.29, 0.717) is 36.8 Å². The predicted octanol–water partition coefficient (Wildman–Crippen LogP) is 4.30. The van der Waals surface area contributed by atoms with Gasteiger partial charge in [-0.05, 0) is 62.1 Å². The van der Waals surface area contributed by atoms with Gasteiger partial charge in [-0.1, -0.05) is 12.2 Å². The van der Waals surface area contributed by atoms with Gasteiger partial charge in [-0.15, -0.1) is 0 Å². The summed E-state index contributed by atoms with van der Waals surface area (Å²) in [6, 6.07) is 8.74. The molecular weight excluding hydrogens is 482 g/mol. The van der Waals surface area contributed by atoms with Crippen molar-refractivity contribution in [3.8, 4) is 11.5 Å². The smallest absolute Gasteiger partial charge is 0.310 e. The maximum Gasteiger partial charge on any atom is 0.310 e. The van der Waals surface area contributed by atoms with E-state index in [0.717, 1.165) is 44.0 Å².